The quantitative estimate of drug-likeness (QED) is 0.454. The summed E-state index contributed by atoms with van der Waals surface area (Å²) in [6.45, 7) is 7.28. The molecule has 2 N–H and O–H groups in total. The molecule has 1 aromatic carbocycles. The van der Waals surface area contributed by atoms with Gasteiger partial charge in [0, 0.05) is 18.5 Å². The Kier molecular flexibility index (Phi) is 6.04. The van der Waals surface area contributed by atoms with Crippen LogP contribution in [-0.4, -0.2) is 45.6 Å². The Bertz CT molecular complexity index is 839. The number of nitrogens with zero attached hydrogens (tertiary/aromatic N) is 1. The van der Waals surface area contributed by atoms with E-state index >= 15 is 0 Å². The van der Waals surface area contributed by atoms with Crippen molar-refractivity contribution >= 4 is 15.8 Å². The van der Waals surface area contributed by atoms with Gasteiger partial charge in [-0.2, -0.15) is 0 Å². The van der Waals surface area contributed by atoms with Crippen LogP contribution in [0.15, 0.2) is 35.3 Å². The van der Waals surface area contributed by atoms with Crippen LogP contribution in [0.5, 0.6) is 5.75 Å². The van der Waals surface area contributed by atoms with Crippen molar-refractivity contribution < 1.29 is 17.5 Å². The predicted molar refractivity (Wildman–Crippen MR) is 104 cm³/mol. The van der Waals surface area contributed by atoms with Crippen LogP contribution in [0, 0.1) is 11.7 Å². The summed E-state index contributed by atoms with van der Waals surface area (Å²) in [7, 11) is -2.91. The molecule has 0 amide bonds. The van der Waals surface area contributed by atoms with Gasteiger partial charge >= 0.3 is 0 Å². The summed E-state index contributed by atoms with van der Waals surface area (Å²) in [5, 5.41) is 6.59. The fourth-order valence-corrected chi connectivity index (χ4v) is 5.18. The third-order valence-corrected chi connectivity index (χ3v) is 6.55. The molecule has 2 heterocycles. The minimum absolute atomic E-state index is 0.0752. The molecule has 1 saturated heterocycles. The number of guanidine groups is 1. The van der Waals surface area contributed by atoms with E-state index in [1.807, 2.05) is 6.92 Å². The number of hydrogen-bond donors (Lipinski definition) is 2. The van der Waals surface area contributed by atoms with E-state index in [1.54, 1.807) is 6.07 Å². The molecular weight excluding hydrogens is 369 g/mol. The number of nitrogens with one attached hydrogen (secondary N) is 2. The smallest absolute Gasteiger partial charge is 0.192 e. The number of hydrogen-bond acceptors (Lipinski definition) is 4. The van der Waals surface area contributed by atoms with Crippen LogP contribution in [0.25, 0.3) is 0 Å². The number of benzene rings is 1. The highest BCUT2D eigenvalue weighted by atomic mass is 32.2. The Morgan fingerprint density at radius 1 is 1.41 bits per heavy atom. The van der Waals surface area contributed by atoms with E-state index in [0.29, 0.717) is 44.2 Å². The van der Waals surface area contributed by atoms with E-state index in [4.69, 9.17) is 4.74 Å². The lowest BCUT2D eigenvalue weighted by atomic mass is 10.0. The zero-order chi connectivity index (χ0) is 19.4. The SMILES string of the molecule is C=C(C)CN=C(NCC1CCS(=O)(=O)C1)NC1CCOc2ccc(F)cc21. The molecule has 1 aromatic rings. The molecule has 3 rings (SSSR count). The lowest BCUT2D eigenvalue weighted by Crippen LogP contribution is -2.43. The van der Waals surface area contributed by atoms with Crippen molar-refractivity contribution in [3.8, 4) is 5.75 Å². The maximum atomic E-state index is 13.7. The van der Waals surface area contributed by atoms with E-state index in [9.17, 15) is 12.8 Å². The predicted octanol–water partition coefficient (Wildman–Crippen LogP) is 2.20. The Hall–Kier alpha value is -2.09. The number of aliphatic imine (C=N–C) groups is 1. The molecule has 2 aliphatic heterocycles. The minimum Gasteiger partial charge on any atom is -0.493 e. The van der Waals surface area contributed by atoms with Gasteiger partial charge in [-0.25, -0.2) is 17.8 Å². The fourth-order valence-electron chi connectivity index (χ4n) is 3.32. The zero-order valence-electron chi connectivity index (χ0n) is 15.5. The molecule has 8 heteroatoms. The molecule has 0 radical (unpaired) electrons. The van der Waals surface area contributed by atoms with Crippen molar-refractivity contribution in [1.82, 2.24) is 10.6 Å². The van der Waals surface area contributed by atoms with Crippen molar-refractivity contribution in [3.05, 3.63) is 41.7 Å². The molecule has 0 aliphatic carbocycles. The zero-order valence-corrected chi connectivity index (χ0v) is 16.3. The summed E-state index contributed by atoms with van der Waals surface area (Å²) >= 11 is 0. The van der Waals surface area contributed by atoms with E-state index in [0.717, 1.165) is 11.1 Å². The second kappa shape index (κ2) is 8.29. The Balaban J connectivity index is 1.70. The van der Waals surface area contributed by atoms with E-state index in [2.05, 4.69) is 22.2 Å². The van der Waals surface area contributed by atoms with Crippen LogP contribution < -0.4 is 15.4 Å². The van der Waals surface area contributed by atoms with Crippen molar-refractivity contribution in [3.63, 3.8) is 0 Å². The third kappa shape index (κ3) is 5.45. The van der Waals surface area contributed by atoms with Gasteiger partial charge in [-0.3, -0.25) is 0 Å². The maximum Gasteiger partial charge on any atom is 0.192 e. The summed E-state index contributed by atoms with van der Waals surface area (Å²) in [5.41, 5.74) is 1.67. The molecule has 2 aliphatic rings. The van der Waals surface area contributed by atoms with E-state index in [1.165, 1.54) is 12.1 Å². The summed E-state index contributed by atoms with van der Waals surface area (Å²) in [6.07, 6.45) is 1.34. The Labute approximate surface area is 159 Å². The first-order valence-corrected chi connectivity index (χ1v) is 11.0. The van der Waals surface area contributed by atoms with Crippen molar-refractivity contribution in [2.75, 3.05) is 31.2 Å². The summed E-state index contributed by atoms with van der Waals surface area (Å²) in [6, 6.07) is 4.37. The summed E-state index contributed by atoms with van der Waals surface area (Å²) < 4.78 is 42.6. The number of ether oxygens (including phenoxy) is 1. The Morgan fingerprint density at radius 3 is 2.93 bits per heavy atom. The highest BCUT2D eigenvalue weighted by molar-refractivity contribution is 7.91. The number of fused-ring (bicyclic) bond motifs is 1. The average molecular weight is 396 g/mol. The molecule has 0 saturated carbocycles. The first kappa shape index (κ1) is 19.7. The third-order valence-electron chi connectivity index (χ3n) is 4.71. The fraction of sp³-hybridized carbons (Fsp3) is 0.526. The van der Waals surface area contributed by atoms with Crippen LogP contribution in [0.4, 0.5) is 4.39 Å². The van der Waals surface area contributed by atoms with Crippen molar-refractivity contribution in [1.29, 1.82) is 0 Å². The molecule has 0 aromatic heterocycles. The maximum absolute atomic E-state index is 13.7. The molecule has 27 heavy (non-hydrogen) atoms. The lowest BCUT2D eigenvalue weighted by molar-refractivity contribution is 0.260. The number of sulfone groups is 1. The van der Waals surface area contributed by atoms with Crippen molar-refractivity contribution in [2.45, 2.75) is 25.8 Å². The van der Waals surface area contributed by atoms with Crippen molar-refractivity contribution in [2.24, 2.45) is 10.9 Å². The molecule has 6 nitrogen and oxygen atoms in total. The van der Waals surface area contributed by atoms with Gasteiger partial charge < -0.3 is 15.4 Å². The van der Waals surface area contributed by atoms with Gasteiger partial charge in [-0.15, -0.1) is 0 Å². The molecule has 2 unspecified atom stereocenters. The van der Waals surface area contributed by atoms with Gasteiger partial charge in [0.05, 0.1) is 30.7 Å². The normalized spacial score (nSPS) is 24.0. The molecule has 148 valence electrons. The van der Waals surface area contributed by atoms with Gasteiger partial charge in [-0.05, 0) is 37.5 Å². The molecule has 2 atom stereocenters. The highest BCUT2D eigenvalue weighted by Crippen LogP contribution is 2.32. The highest BCUT2D eigenvalue weighted by Gasteiger charge is 2.28. The van der Waals surface area contributed by atoms with Crippen LogP contribution in [0.1, 0.15) is 31.4 Å². The lowest BCUT2D eigenvalue weighted by Gasteiger charge is -2.28. The monoisotopic (exact) mass is 395 g/mol. The van der Waals surface area contributed by atoms with Gasteiger partial charge in [0.25, 0.3) is 0 Å². The van der Waals surface area contributed by atoms with E-state index < -0.39 is 9.84 Å². The van der Waals surface area contributed by atoms with Crippen LogP contribution >= 0.6 is 0 Å². The van der Waals surface area contributed by atoms with Gasteiger partial charge in [0.1, 0.15) is 11.6 Å². The molecule has 0 spiro atoms. The van der Waals surface area contributed by atoms with Gasteiger partial charge in [-0.1, -0.05) is 12.2 Å². The van der Waals surface area contributed by atoms with Crippen LogP contribution in [-0.2, 0) is 9.84 Å². The average Bonchev–Trinajstić information content (AvgIpc) is 2.96. The standard InChI is InChI=1S/C19H26FN3O3S/c1-13(2)10-21-19(22-11-14-6-8-27(24,25)12-14)23-17-5-7-26-18-4-3-15(20)9-16(17)18/h3-4,9,14,17H,1,5-8,10-12H2,2H3,(H2,21,22,23). The van der Waals surface area contributed by atoms with Crippen LogP contribution in [0.3, 0.4) is 0 Å². The van der Waals surface area contributed by atoms with Gasteiger partial charge in [0.2, 0.25) is 0 Å². The summed E-state index contributed by atoms with van der Waals surface area (Å²) in [4.78, 5) is 4.52. The molecular formula is C19H26FN3O3S. The summed E-state index contributed by atoms with van der Waals surface area (Å²) in [5.74, 6) is 1.46. The first-order valence-electron chi connectivity index (χ1n) is 9.14. The van der Waals surface area contributed by atoms with E-state index in [-0.39, 0.29) is 29.3 Å². The van der Waals surface area contributed by atoms with Gasteiger partial charge in [0.15, 0.2) is 15.8 Å². The minimum atomic E-state index is -2.91. The topological polar surface area (TPSA) is 79.8 Å². The second-order valence-corrected chi connectivity index (χ2v) is 9.52. The number of halogens is 1. The Morgan fingerprint density at radius 2 is 2.22 bits per heavy atom. The molecule has 0 bridgehead atoms. The molecule has 1 fully saturated rings. The first-order chi connectivity index (χ1) is 12.8. The largest absolute Gasteiger partial charge is 0.493 e. The second-order valence-electron chi connectivity index (χ2n) is 7.29. The number of rotatable bonds is 5. The van der Waals surface area contributed by atoms with Crippen LogP contribution in [0.2, 0.25) is 0 Å².